The monoisotopic (exact) mass is 415 g/mol. The van der Waals surface area contributed by atoms with Crippen LogP contribution in [-0.4, -0.2) is 38.0 Å². The second kappa shape index (κ2) is 11.0. The van der Waals surface area contributed by atoms with E-state index in [1.807, 2.05) is 13.0 Å². The largest absolute Gasteiger partial charge is 0.355 e. The summed E-state index contributed by atoms with van der Waals surface area (Å²) in [6.07, 6.45) is 5.43. The van der Waals surface area contributed by atoms with Gasteiger partial charge in [0.15, 0.2) is 0 Å². The minimum Gasteiger partial charge on any atom is -0.355 e. The van der Waals surface area contributed by atoms with E-state index in [0.29, 0.717) is 10.8 Å². The molecule has 0 unspecified atom stereocenters. The van der Waals surface area contributed by atoms with Gasteiger partial charge in [0, 0.05) is 29.9 Å². The summed E-state index contributed by atoms with van der Waals surface area (Å²) in [6.45, 7) is 2.76. The quantitative estimate of drug-likeness (QED) is 0.326. The molecule has 0 fully saturated rings. The molecule has 0 radical (unpaired) electrons. The van der Waals surface area contributed by atoms with Crippen LogP contribution in [0, 0.1) is 6.92 Å². The zero-order chi connectivity index (χ0) is 19.6. The predicted molar refractivity (Wildman–Crippen MR) is 118 cm³/mol. The Labute approximate surface area is 173 Å². The highest BCUT2D eigenvalue weighted by Gasteiger charge is 2.04. The molecule has 28 heavy (non-hydrogen) atoms. The van der Waals surface area contributed by atoms with Crippen LogP contribution in [0.25, 0.3) is 0 Å². The fraction of sp³-hybridized carbons (Fsp3) is 0.350. The average Bonchev–Trinajstić information content (AvgIpc) is 3.12. The molecule has 0 amide bonds. The first kappa shape index (κ1) is 20.5. The van der Waals surface area contributed by atoms with E-state index in [-0.39, 0.29) is 5.56 Å². The molecule has 3 N–H and O–H groups in total. The van der Waals surface area contributed by atoms with Gasteiger partial charge in [-0.1, -0.05) is 30.3 Å². The molecule has 148 valence electrons. The van der Waals surface area contributed by atoms with Gasteiger partial charge < -0.3 is 10.3 Å². The Morgan fingerprint density at radius 2 is 2.00 bits per heavy atom. The van der Waals surface area contributed by atoms with E-state index in [2.05, 4.69) is 49.5 Å². The number of aromatic nitrogens is 4. The van der Waals surface area contributed by atoms with Gasteiger partial charge in [-0.25, -0.2) is 9.97 Å². The third-order valence-electron chi connectivity index (χ3n) is 4.19. The summed E-state index contributed by atoms with van der Waals surface area (Å²) in [5.41, 5.74) is 3.45. The van der Waals surface area contributed by atoms with Gasteiger partial charge in [-0.15, -0.1) is 11.8 Å². The number of rotatable bonds is 11. The lowest BCUT2D eigenvalue weighted by molar-refractivity contribution is 0.930. The van der Waals surface area contributed by atoms with Crippen LogP contribution in [0.15, 0.2) is 52.5 Å². The molecule has 8 heteroatoms. The van der Waals surface area contributed by atoms with Crippen LogP contribution in [-0.2, 0) is 12.2 Å². The molecule has 3 rings (SSSR count). The highest BCUT2D eigenvalue weighted by atomic mass is 32.2. The van der Waals surface area contributed by atoms with Crippen molar-refractivity contribution in [3.8, 4) is 0 Å². The highest BCUT2D eigenvalue weighted by molar-refractivity contribution is 7.99. The molecule has 3 aromatic rings. The number of hydrogen-bond acceptors (Lipinski definition) is 6. The van der Waals surface area contributed by atoms with Gasteiger partial charge in [0.1, 0.15) is 0 Å². The van der Waals surface area contributed by atoms with Crippen molar-refractivity contribution in [3.05, 3.63) is 70.2 Å². The number of hydrogen-bond donors (Lipinski definition) is 3. The van der Waals surface area contributed by atoms with Gasteiger partial charge in [-0.05, 0) is 31.1 Å². The second-order valence-corrected chi connectivity index (χ2v) is 8.56. The van der Waals surface area contributed by atoms with E-state index in [4.69, 9.17) is 0 Å². The fourth-order valence-corrected chi connectivity index (χ4v) is 4.32. The van der Waals surface area contributed by atoms with Crippen molar-refractivity contribution in [2.45, 2.75) is 30.4 Å². The summed E-state index contributed by atoms with van der Waals surface area (Å²) < 4.78 is 0. The Morgan fingerprint density at radius 1 is 1.14 bits per heavy atom. The van der Waals surface area contributed by atoms with Crippen LogP contribution in [0.4, 0.5) is 5.95 Å². The standard InChI is InChI=1S/C20H25N5OS2/c1-15-17(24-14-23-15)13-27-11-9-21-20-22-12-18(19(26)25-20)28-10-5-8-16-6-3-2-4-7-16/h2-4,6-7,12,14H,5,8-11,13H2,1H3,(H,23,24)(H2,21,22,25,26). The molecule has 2 aromatic heterocycles. The molecule has 2 heterocycles. The van der Waals surface area contributed by atoms with E-state index >= 15 is 0 Å². The maximum absolute atomic E-state index is 12.2. The lowest BCUT2D eigenvalue weighted by Gasteiger charge is -2.06. The Bertz CT molecular complexity index is 910. The summed E-state index contributed by atoms with van der Waals surface area (Å²) in [6, 6.07) is 10.4. The van der Waals surface area contributed by atoms with Crippen molar-refractivity contribution in [1.82, 2.24) is 19.9 Å². The molecule has 0 aliphatic heterocycles. The highest BCUT2D eigenvalue weighted by Crippen LogP contribution is 2.16. The van der Waals surface area contributed by atoms with Crippen LogP contribution < -0.4 is 10.9 Å². The first-order valence-corrected chi connectivity index (χ1v) is 11.4. The molecular formula is C20H25N5OS2. The lowest BCUT2D eigenvalue weighted by atomic mass is 10.1. The molecule has 0 spiro atoms. The van der Waals surface area contributed by atoms with Crippen LogP contribution in [0.3, 0.4) is 0 Å². The van der Waals surface area contributed by atoms with Crippen LogP contribution in [0.2, 0.25) is 0 Å². The molecule has 0 atom stereocenters. The Kier molecular flexibility index (Phi) is 8.05. The van der Waals surface area contributed by atoms with Gasteiger partial charge in [0.05, 0.1) is 16.9 Å². The number of imidazole rings is 1. The van der Waals surface area contributed by atoms with E-state index in [1.165, 1.54) is 5.56 Å². The summed E-state index contributed by atoms with van der Waals surface area (Å²) >= 11 is 3.35. The van der Waals surface area contributed by atoms with Crippen molar-refractivity contribution in [2.24, 2.45) is 0 Å². The van der Waals surface area contributed by atoms with Crippen LogP contribution in [0.1, 0.15) is 23.4 Å². The third kappa shape index (κ3) is 6.45. The van der Waals surface area contributed by atoms with Crippen molar-refractivity contribution in [2.75, 3.05) is 23.4 Å². The van der Waals surface area contributed by atoms with E-state index < -0.39 is 0 Å². The zero-order valence-corrected chi connectivity index (χ0v) is 17.5. The minimum absolute atomic E-state index is 0.0815. The zero-order valence-electron chi connectivity index (χ0n) is 15.9. The van der Waals surface area contributed by atoms with Crippen molar-refractivity contribution < 1.29 is 0 Å². The molecule has 0 bridgehead atoms. The topological polar surface area (TPSA) is 86.5 Å². The van der Waals surface area contributed by atoms with Crippen LogP contribution >= 0.6 is 23.5 Å². The van der Waals surface area contributed by atoms with Gasteiger partial charge in [0.2, 0.25) is 5.95 Å². The third-order valence-corrected chi connectivity index (χ3v) is 6.25. The second-order valence-electron chi connectivity index (χ2n) is 6.32. The fourth-order valence-electron chi connectivity index (χ4n) is 2.62. The molecule has 1 aromatic carbocycles. The maximum Gasteiger partial charge on any atom is 0.265 e. The molecule has 0 saturated heterocycles. The number of H-pyrrole nitrogens is 2. The number of nitrogens with zero attached hydrogens (tertiary/aromatic N) is 2. The summed E-state index contributed by atoms with van der Waals surface area (Å²) in [5.74, 6) is 3.21. The molecule has 0 saturated carbocycles. The Morgan fingerprint density at radius 3 is 2.75 bits per heavy atom. The average molecular weight is 416 g/mol. The van der Waals surface area contributed by atoms with E-state index in [1.54, 1.807) is 36.0 Å². The van der Waals surface area contributed by atoms with Crippen molar-refractivity contribution in [3.63, 3.8) is 0 Å². The summed E-state index contributed by atoms with van der Waals surface area (Å²) in [7, 11) is 0. The van der Waals surface area contributed by atoms with E-state index in [0.717, 1.165) is 48.0 Å². The number of aromatic amines is 2. The first-order chi connectivity index (χ1) is 13.7. The Balaban J connectivity index is 1.35. The number of benzene rings is 1. The summed E-state index contributed by atoms with van der Waals surface area (Å²) in [4.78, 5) is 27.4. The van der Waals surface area contributed by atoms with Gasteiger partial charge in [-0.2, -0.15) is 11.8 Å². The maximum atomic E-state index is 12.2. The van der Waals surface area contributed by atoms with Crippen molar-refractivity contribution in [1.29, 1.82) is 0 Å². The number of aryl methyl sites for hydroxylation is 2. The molecule has 0 aliphatic rings. The summed E-state index contributed by atoms with van der Waals surface area (Å²) in [5, 5.41) is 3.17. The number of anilines is 1. The van der Waals surface area contributed by atoms with E-state index in [9.17, 15) is 4.79 Å². The van der Waals surface area contributed by atoms with Crippen LogP contribution in [0.5, 0.6) is 0 Å². The number of nitrogens with one attached hydrogen (secondary N) is 3. The SMILES string of the molecule is Cc1[nH]cnc1CSCCNc1ncc(SCCCc2ccccc2)c(=O)[nH]1. The molecule has 0 aliphatic carbocycles. The van der Waals surface area contributed by atoms with Crippen molar-refractivity contribution >= 4 is 29.5 Å². The number of thioether (sulfide) groups is 2. The van der Waals surface area contributed by atoms with Gasteiger partial charge >= 0.3 is 0 Å². The minimum atomic E-state index is -0.0815. The lowest BCUT2D eigenvalue weighted by Crippen LogP contribution is -2.15. The molecule has 6 nitrogen and oxygen atoms in total. The van der Waals surface area contributed by atoms with Gasteiger partial charge in [0.25, 0.3) is 5.56 Å². The molecular weight excluding hydrogens is 390 g/mol. The smallest absolute Gasteiger partial charge is 0.265 e. The predicted octanol–water partition coefficient (Wildman–Crippen LogP) is 3.87. The van der Waals surface area contributed by atoms with Gasteiger partial charge in [-0.3, -0.25) is 9.78 Å². The normalized spacial score (nSPS) is 10.9. The Hall–Kier alpha value is -2.19. The first-order valence-electron chi connectivity index (χ1n) is 9.29.